The highest BCUT2D eigenvalue weighted by Gasteiger charge is 2.09. The summed E-state index contributed by atoms with van der Waals surface area (Å²) >= 11 is 0. The molecule has 10 heavy (non-hydrogen) atoms. The molecule has 0 unspecified atom stereocenters. The van der Waals surface area contributed by atoms with Gasteiger partial charge >= 0.3 is 0 Å². The minimum absolute atomic E-state index is 0.855. The van der Waals surface area contributed by atoms with Crippen molar-refractivity contribution in [2.24, 2.45) is 0 Å². The monoisotopic (exact) mass is 133 g/mol. The Labute approximate surface area is 60.3 Å². The van der Waals surface area contributed by atoms with Crippen LogP contribution in [-0.4, -0.2) is 13.1 Å². The highest BCUT2D eigenvalue weighted by Crippen LogP contribution is 2.12. The lowest BCUT2D eigenvalue weighted by molar-refractivity contribution is 0.750. The Bertz CT molecular complexity index is 223. The maximum Gasteiger partial charge on any atom is 0.0408 e. The summed E-state index contributed by atoms with van der Waals surface area (Å²) in [6.45, 7) is 1.72. The molecule has 51 valence electrons. The minimum Gasteiger partial charge on any atom is -0.362 e. The van der Waals surface area contributed by atoms with Crippen LogP contribution in [0.5, 0.6) is 0 Å². The molecular formula is C8H9N2. The van der Waals surface area contributed by atoms with Gasteiger partial charge in [0.15, 0.2) is 0 Å². The molecule has 0 fully saturated rings. The zero-order chi connectivity index (χ0) is 6.81. The van der Waals surface area contributed by atoms with Gasteiger partial charge in [0.1, 0.15) is 0 Å². The molecule has 0 aliphatic carbocycles. The molecule has 0 aromatic heterocycles. The third-order valence-corrected chi connectivity index (χ3v) is 1.69. The van der Waals surface area contributed by atoms with Gasteiger partial charge in [0.2, 0.25) is 0 Å². The molecule has 0 bridgehead atoms. The van der Waals surface area contributed by atoms with Crippen LogP contribution < -0.4 is 10.6 Å². The normalized spacial score (nSPS) is 22.4. The maximum atomic E-state index is 4.24. The number of hydrogen-bond acceptors (Lipinski definition) is 1. The van der Waals surface area contributed by atoms with E-state index in [1.807, 2.05) is 12.3 Å². The summed E-state index contributed by atoms with van der Waals surface area (Å²) in [7, 11) is 0. The molecule has 2 aliphatic rings. The summed E-state index contributed by atoms with van der Waals surface area (Å²) in [5.74, 6) is 0. The first kappa shape index (κ1) is 5.74. The van der Waals surface area contributed by atoms with Crippen LogP contribution in [0.2, 0.25) is 0 Å². The van der Waals surface area contributed by atoms with E-state index in [1.54, 1.807) is 0 Å². The zero-order valence-corrected chi connectivity index (χ0v) is 5.67. The van der Waals surface area contributed by atoms with Crippen LogP contribution in [0.25, 0.3) is 0 Å². The summed E-state index contributed by atoms with van der Waals surface area (Å²) in [6.07, 6.45) is 8.16. The number of dihydropyridines is 1. The molecule has 2 heteroatoms. The molecule has 1 N–H and O–H groups in total. The van der Waals surface area contributed by atoms with E-state index in [1.165, 1.54) is 11.3 Å². The topological polar surface area (TPSA) is 26.1 Å². The van der Waals surface area contributed by atoms with E-state index in [0.29, 0.717) is 0 Å². The molecule has 0 amide bonds. The van der Waals surface area contributed by atoms with Crippen LogP contribution in [0, 0.1) is 0 Å². The number of fused-ring (bicyclic) bond motifs is 1. The van der Waals surface area contributed by atoms with Crippen LogP contribution in [0.15, 0.2) is 35.7 Å². The Morgan fingerprint density at radius 1 is 1.50 bits per heavy atom. The Balaban J connectivity index is 2.32. The largest absolute Gasteiger partial charge is 0.362 e. The zero-order valence-electron chi connectivity index (χ0n) is 5.67. The SMILES string of the molecule is C1=CNC2=CC[N]CC2=C1. The quantitative estimate of drug-likeness (QED) is 0.512. The van der Waals surface area contributed by atoms with Gasteiger partial charge < -0.3 is 5.32 Å². The van der Waals surface area contributed by atoms with Crippen molar-refractivity contribution in [3.63, 3.8) is 0 Å². The molecule has 0 aromatic carbocycles. The Kier molecular flexibility index (Phi) is 1.32. The molecule has 2 rings (SSSR count). The standard InChI is InChI=1S/C8H9N2/c1-2-7-6-9-5-3-8(7)10-4-1/h1-4,10H,5-6H2. The lowest BCUT2D eigenvalue weighted by Crippen LogP contribution is -2.23. The third-order valence-electron chi connectivity index (χ3n) is 1.69. The molecule has 1 radical (unpaired) electrons. The van der Waals surface area contributed by atoms with Gasteiger partial charge in [-0.25, -0.2) is 5.32 Å². The second-order valence-corrected chi connectivity index (χ2v) is 2.38. The molecule has 0 spiro atoms. The van der Waals surface area contributed by atoms with E-state index < -0.39 is 0 Å². The third kappa shape index (κ3) is 0.866. The van der Waals surface area contributed by atoms with E-state index in [9.17, 15) is 0 Å². The van der Waals surface area contributed by atoms with Gasteiger partial charge in [-0.2, -0.15) is 0 Å². The predicted octanol–water partition coefficient (Wildman–Crippen LogP) is 0.532. The Morgan fingerprint density at radius 2 is 2.50 bits per heavy atom. The average molecular weight is 133 g/mol. The van der Waals surface area contributed by atoms with Gasteiger partial charge in [-0.1, -0.05) is 6.08 Å². The lowest BCUT2D eigenvalue weighted by Gasteiger charge is -2.18. The molecular weight excluding hydrogens is 124 g/mol. The summed E-state index contributed by atoms with van der Waals surface area (Å²) < 4.78 is 0. The minimum atomic E-state index is 0.855. The van der Waals surface area contributed by atoms with Crippen LogP contribution in [0.1, 0.15) is 0 Å². The van der Waals surface area contributed by atoms with Crippen molar-refractivity contribution in [3.05, 3.63) is 35.7 Å². The summed E-state index contributed by atoms with van der Waals surface area (Å²) in [5, 5.41) is 7.42. The van der Waals surface area contributed by atoms with Crippen molar-refractivity contribution in [3.8, 4) is 0 Å². The van der Waals surface area contributed by atoms with E-state index in [0.717, 1.165) is 13.1 Å². The van der Waals surface area contributed by atoms with Crippen LogP contribution in [-0.2, 0) is 0 Å². The molecule has 0 saturated heterocycles. The first-order valence-corrected chi connectivity index (χ1v) is 3.43. The second-order valence-electron chi connectivity index (χ2n) is 2.38. The average Bonchev–Trinajstić information content (AvgIpc) is 2.05. The fourth-order valence-corrected chi connectivity index (χ4v) is 1.15. The molecule has 2 heterocycles. The molecule has 0 atom stereocenters. The van der Waals surface area contributed by atoms with Crippen molar-refractivity contribution in [2.75, 3.05) is 13.1 Å². The fourth-order valence-electron chi connectivity index (χ4n) is 1.15. The van der Waals surface area contributed by atoms with Crippen molar-refractivity contribution in [1.29, 1.82) is 0 Å². The van der Waals surface area contributed by atoms with E-state index in [4.69, 9.17) is 0 Å². The summed E-state index contributed by atoms with van der Waals surface area (Å²) in [4.78, 5) is 0. The highest BCUT2D eigenvalue weighted by molar-refractivity contribution is 5.39. The first-order chi connectivity index (χ1) is 4.97. The lowest BCUT2D eigenvalue weighted by atomic mass is 10.1. The van der Waals surface area contributed by atoms with Gasteiger partial charge in [0, 0.05) is 25.0 Å². The first-order valence-electron chi connectivity index (χ1n) is 3.43. The van der Waals surface area contributed by atoms with Gasteiger partial charge in [0.25, 0.3) is 0 Å². The summed E-state index contributed by atoms with van der Waals surface area (Å²) in [6, 6.07) is 0. The summed E-state index contributed by atoms with van der Waals surface area (Å²) in [5.41, 5.74) is 2.53. The van der Waals surface area contributed by atoms with Gasteiger partial charge in [0.05, 0.1) is 0 Å². The van der Waals surface area contributed by atoms with E-state index in [2.05, 4.69) is 22.8 Å². The molecule has 2 nitrogen and oxygen atoms in total. The maximum absolute atomic E-state index is 4.24. The van der Waals surface area contributed by atoms with Crippen LogP contribution in [0.3, 0.4) is 0 Å². The van der Waals surface area contributed by atoms with Crippen LogP contribution >= 0.6 is 0 Å². The number of nitrogens with zero attached hydrogens (tertiary/aromatic N) is 1. The predicted molar refractivity (Wildman–Crippen MR) is 40.3 cm³/mol. The smallest absolute Gasteiger partial charge is 0.0408 e. The van der Waals surface area contributed by atoms with Crippen molar-refractivity contribution < 1.29 is 0 Å². The van der Waals surface area contributed by atoms with Gasteiger partial charge in [-0.05, 0) is 17.7 Å². The fraction of sp³-hybridized carbons (Fsp3) is 0.250. The van der Waals surface area contributed by atoms with Crippen LogP contribution in [0.4, 0.5) is 0 Å². The van der Waals surface area contributed by atoms with E-state index >= 15 is 0 Å². The van der Waals surface area contributed by atoms with Gasteiger partial charge in [-0.15, -0.1) is 0 Å². The van der Waals surface area contributed by atoms with E-state index in [-0.39, 0.29) is 0 Å². The van der Waals surface area contributed by atoms with Gasteiger partial charge in [-0.3, -0.25) is 0 Å². The molecule has 0 aromatic rings. The molecule has 0 saturated carbocycles. The number of hydrogen-bond donors (Lipinski definition) is 1. The number of nitrogens with one attached hydrogen (secondary N) is 1. The highest BCUT2D eigenvalue weighted by atomic mass is 14.9. The number of rotatable bonds is 0. The Hall–Kier alpha value is -1.02. The second kappa shape index (κ2) is 2.31. The van der Waals surface area contributed by atoms with Crippen molar-refractivity contribution in [1.82, 2.24) is 10.6 Å². The molecule has 2 aliphatic heterocycles. The Morgan fingerprint density at radius 3 is 3.40 bits per heavy atom. The van der Waals surface area contributed by atoms with Crippen molar-refractivity contribution in [2.45, 2.75) is 0 Å². The van der Waals surface area contributed by atoms with Crippen molar-refractivity contribution >= 4 is 0 Å². The number of allylic oxidation sites excluding steroid dienone is 2.